The van der Waals surface area contributed by atoms with E-state index in [1.165, 1.54) is 0 Å². The Morgan fingerprint density at radius 1 is 1.17 bits per heavy atom. The summed E-state index contributed by atoms with van der Waals surface area (Å²) >= 11 is 0. The van der Waals surface area contributed by atoms with Crippen molar-refractivity contribution in [2.75, 3.05) is 0 Å². The molecule has 0 aliphatic carbocycles. The van der Waals surface area contributed by atoms with Gasteiger partial charge in [0.05, 0.1) is 11.4 Å². The van der Waals surface area contributed by atoms with Crippen molar-refractivity contribution < 1.29 is 9.90 Å². The van der Waals surface area contributed by atoms with E-state index in [1.54, 1.807) is 0 Å². The molecule has 5 heteroatoms. The van der Waals surface area contributed by atoms with E-state index >= 15 is 0 Å². The normalized spacial score (nSPS) is 10.9. The maximum Gasteiger partial charge on any atom is 0.356 e. The molecule has 3 aromatic rings. The largest absolute Gasteiger partial charge is 0.476 e. The quantitative estimate of drug-likeness (QED) is 0.803. The molecule has 0 fully saturated rings. The second kappa shape index (κ2) is 5.76. The molecule has 1 N–H and O–H groups in total. The highest BCUT2D eigenvalue weighted by Crippen LogP contribution is 2.28. The molecule has 0 aliphatic heterocycles. The third-order valence-corrected chi connectivity index (χ3v) is 4.13. The van der Waals surface area contributed by atoms with Crippen LogP contribution in [0.3, 0.4) is 0 Å². The summed E-state index contributed by atoms with van der Waals surface area (Å²) < 4.78 is 3.96. The zero-order chi connectivity index (χ0) is 16.6. The average Bonchev–Trinajstić information content (AvgIpc) is 3.09. The molecule has 2 aromatic heterocycles. The molecular formula is C18H19N3O2. The number of hydrogen-bond donors (Lipinski definition) is 1. The van der Waals surface area contributed by atoms with Gasteiger partial charge in [0.1, 0.15) is 0 Å². The molecule has 0 radical (unpaired) electrons. The maximum atomic E-state index is 11.6. The van der Waals surface area contributed by atoms with E-state index in [0.717, 1.165) is 17.1 Å². The minimum absolute atomic E-state index is 0.116. The number of rotatable bonds is 4. The Hall–Kier alpha value is -2.82. The van der Waals surface area contributed by atoms with Gasteiger partial charge < -0.3 is 9.67 Å². The second-order valence-corrected chi connectivity index (χ2v) is 5.48. The predicted molar refractivity (Wildman–Crippen MR) is 89.0 cm³/mol. The molecule has 0 atom stereocenters. The fourth-order valence-corrected chi connectivity index (χ4v) is 2.82. The third-order valence-electron chi connectivity index (χ3n) is 4.13. The standard InChI is InChI=1S/C18H19N3O2/c1-4-14-16(18(22)23)19-17(15-11-10-12(2)20(15)3)21(14)13-8-6-5-7-9-13/h5-11H,4H2,1-3H3,(H,22,23). The highest BCUT2D eigenvalue weighted by atomic mass is 16.4. The lowest BCUT2D eigenvalue weighted by molar-refractivity contribution is 0.0690. The van der Waals surface area contributed by atoms with E-state index in [0.29, 0.717) is 17.9 Å². The Morgan fingerprint density at radius 3 is 2.39 bits per heavy atom. The van der Waals surface area contributed by atoms with Crippen molar-refractivity contribution in [3.63, 3.8) is 0 Å². The Morgan fingerprint density at radius 2 is 1.87 bits per heavy atom. The summed E-state index contributed by atoms with van der Waals surface area (Å²) in [6, 6.07) is 13.7. The Balaban J connectivity index is 2.35. The van der Waals surface area contributed by atoms with E-state index in [2.05, 4.69) is 4.98 Å². The van der Waals surface area contributed by atoms with E-state index in [4.69, 9.17) is 0 Å². The molecule has 0 aliphatic rings. The smallest absolute Gasteiger partial charge is 0.356 e. The average molecular weight is 309 g/mol. The fourth-order valence-electron chi connectivity index (χ4n) is 2.82. The molecule has 3 rings (SSSR count). The zero-order valence-electron chi connectivity index (χ0n) is 13.4. The first-order valence-electron chi connectivity index (χ1n) is 7.57. The number of carboxylic acid groups (broad SMARTS) is 1. The number of aromatic nitrogens is 3. The maximum absolute atomic E-state index is 11.6. The number of imidazole rings is 1. The SMILES string of the molecule is CCc1c(C(=O)O)nc(-c2ccc(C)n2C)n1-c1ccccc1. The van der Waals surface area contributed by atoms with Crippen LogP contribution in [0.1, 0.15) is 28.8 Å². The van der Waals surface area contributed by atoms with Gasteiger partial charge in [0.2, 0.25) is 0 Å². The van der Waals surface area contributed by atoms with Gasteiger partial charge in [-0.3, -0.25) is 4.57 Å². The van der Waals surface area contributed by atoms with Crippen LogP contribution >= 0.6 is 0 Å². The van der Waals surface area contributed by atoms with Crippen LogP contribution in [0.2, 0.25) is 0 Å². The zero-order valence-corrected chi connectivity index (χ0v) is 13.4. The Bertz CT molecular complexity index is 860. The third kappa shape index (κ3) is 2.44. The highest BCUT2D eigenvalue weighted by molar-refractivity contribution is 5.88. The first-order valence-corrected chi connectivity index (χ1v) is 7.57. The van der Waals surface area contributed by atoms with Crippen LogP contribution in [-0.2, 0) is 13.5 Å². The summed E-state index contributed by atoms with van der Waals surface area (Å²) in [5, 5.41) is 9.52. The van der Waals surface area contributed by atoms with Gasteiger partial charge in [-0.1, -0.05) is 25.1 Å². The number of aromatic carboxylic acids is 1. The second-order valence-electron chi connectivity index (χ2n) is 5.48. The molecule has 0 saturated heterocycles. The summed E-state index contributed by atoms with van der Waals surface area (Å²) in [6.07, 6.45) is 0.590. The summed E-state index contributed by atoms with van der Waals surface area (Å²) in [7, 11) is 1.96. The van der Waals surface area contributed by atoms with E-state index in [9.17, 15) is 9.90 Å². The molecule has 23 heavy (non-hydrogen) atoms. The van der Waals surface area contributed by atoms with Gasteiger partial charge >= 0.3 is 5.97 Å². The highest BCUT2D eigenvalue weighted by Gasteiger charge is 2.24. The number of carbonyl (C=O) groups is 1. The molecule has 2 heterocycles. The molecule has 0 saturated carbocycles. The number of benzene rings is 1. The van der Waals surface area contributed by atoms with Gasteiger partial charge in [-0.05, 0) is 37.6 Å². The lowest BCUT2D eigenvalue weighted by atomic mass is 10.2. The van der Waals surface area contributed by atoms with Crippen LogP contribution in [0, 0.1) is 6.92 Å². The topological polar surface area (TPSA) is 60.0 Å². The van der Waals surface area contributed by atoms with Crippen molar-refractivity contribution in [2.45, 2.75) is 20.3 Å². The van der Waals surface area contributed by atoms with Crippen LogP contribution in [0.5, 0.6) is 0 Å². The van der Waals surface area contributed by atoms with Crippen LogP contribution < -0.4 is 0 Å². The first kappa shape index (κ1) is 15.1. The minimum atomic E-state index is -0.997. The number of hydrogen-bond acceptors (Lipinski definition) is 2. The number of carboxylic acids is 1. The van der Waals surface area contributed by atoms with Crippen molar-refractivity contribution >= 4 is 5.97 Å². The van der Waals surface area contributed by atoms with Crippen LogP contribution in [0.15, 0.2) is 42.5 Å². The first-order chi connectivity index (χ1) is 11.0. The molecule has 0 amide bonds. The molecule has 1 aromatic carbocycles. The number of para-hydroxylation sites is 1. The van der Waals surface area contributed by atoms with Crippen molar-refractivity contribution in [3.05, 3.63) is 59.5 Å². The predicted octanol–water partition coefficient (Wildman–Crippen LogP) is 3.45. The molecular weight excluding hydrogens is 290 g/mol. The van der Waals surface area contributed by atoms with Crippen LogP contribution in [-0.4, -0.2) is 25.2 Å². The monoisotopic (exact) mass is 309 g/mol. The molecule has 0 unspecified atom stereocenters. The van der Waals surface area contributed by atoms with E-state index < -0.39 is 5.97 Å². The summed E-state index contributed by atoms with van der Waals surface area (Å²) in [5.74, 6) is -0.343. The number of aryl methyl sites for hydroxylation is 1. The van der Waals surface area contributed by atoms with Gasteiger partial charge in [0.15, 0.2) is 11.5 Å². The van der Waals surface area contributed by atoms with Crippen molar-refractivity contribution in [1.29, 1.82) is 0 Å². The van der Waals surface area contributed by atoms with Gasteiger partial charge in [-0.15, -0.1) is 0 Å². The Labute approximate surface area is 134 Å². The van der Waals surface area contributed by atoms with Gasteiger partial charge in [0.25, 0.3) is 0 Å². The minimum Gasteiger partial charge on any atom is -0.476 e. The van der Waals surface area contributed by atoms with Crippen LogP contribution in [0.25, 0.3) is 17.2 Å². The summed E-state index contributed by atoms with van der Waals surface area (Å²) in [6.45, 7) is 3.96. The fraction of sp³-hybridized carbons (Fsp3) is 0.222. The molecule has 118 valence electrons. The lowest BCUT2D eigenvalue weighted by Crippen LogP contribution is -2.06. The van der Waals surface area contributed by atoms with E-state index in [1.807, 2.05) is 72.5 Å². The number of nitrogens with zero attached hydrogens (tertiary/aromatic N) is 3. The lowest BCUT2D eigenvalue weighted by Gasteiger charge is -2.12. The van der Waals surface area contributed by atoms with Gasteiger partial charge in [-0.2, -0.15) is 0 Å². The van der Waals surface area contributed by atoms with Crippen LogP contribution in [0.4, 0.5) is 0 Å². The van der Waals surface area contributed by atoms with Gasteiger partial charge in [-0.25, -0.2) is 9.78 Å². The van der Waals surface area contributed by atoms with Gasteiger partial charge in [0, 0.05) is 18.4 Å². The van der Waals surface area contributed by atoms with E-state index in [-0.39, 0.29) is 5.69 Å². The molecule has 0 bridgehead atoms. The van der Waals surface area contributed by atoms with Crippen molar-refractivity contribution in [2.24, 2.45) is 7.05 Å². The Kier molecular flexibility index (Phi) is 3.78. The van der Waals surface area contributed by atoms with Crippen molar-refractivity contribution in [1.82, 2.24) is 14.1 Å². The molecule has 5 nitrogen and oxygen atoms in total. The van der Waals surface area contributed by atoms with Crippen molar-refractivity contribution in [3.8, 4) is 17.2 Å². The molecule has 0 spiro atoms. The summed E-state index contributed by atoms with van der Waals surface area (Å²) in [5.41, 5.74) is 3.73. The summed E-state index contributed by atoms with van der Waals surface area (Å²) in [4.78, 5) is 16.1.